The monoisotopic (exact) mass is 394 g/mol. The van der Waals surface area contributed by atoms with Crippen LogP contribution in [0.3, 0.4) is 0 Å². The maximum atomic E-state index is 12.3. The number of rotatable bonds is 1. The highest BCUT2D eigenvalue weighted by Crippen LogP contribution is 2.27. The van der Waals surface area contributed by atoms with E-state index < -0.39 is 6.09 Å². The van der Waals surface area contributed by atoms with Gasteiger partial charge in [0, 0.05) is 18.6 Å². The normalized spacial score (nSPS) is 10.0. The van der Waals surface area contributed by atoms with Crippen molar-refractivity contribution in [1.29, 1.82) is 0 Å². The molecular weight excluding hydrogens is 382 g/mol. The van der Waals surface area contributed by atoms with Crippen LogP contribution >= 0.6 is 31.9 Å². The smallest absolute Gasteiger partial charge is 0.428 e. The van der Waals surface area contributed by atoms with Gasteiger partial charge in [-0.25, -0.2) is 14.8 Å². The largest absolute Gasteiger partial charge is 0.452 e. The number of methoxy groups -OCH3 is 1. The molecule has 2 amide bonds. The summed E-state index contributed by atoms with van der Waals surface area (Å²) >= 11 is 6.64. The first kappa shape index (κ1) is 15.9. The van der Waals surface area contributed by atoms with Crippen molar-refractivity contribution in [3.63, 3.8) is 0 Å². The maximum Gasteiger partial charge on any atom is 0.428 e. The Morgan fingerprint density at radius 1 is 1.21 bits per heavy atom. The number of ether oxygens (including phenoxy) is 1. The number of carbonyl (C=O) groups is 2. The quantitative estimate of drug-likeness (QED) is 0.736. The van der Waals surface area contributed by atoms with E-state index in [0.29, 0.717) is 15.7 Å². The standard InChI is InChI=1S/C11H13Br2N3O3/c1-15(16(2)11(18)19-3)10(17)7-4-6(12)5-8(13)9(7)14/h4-5H,14H2,1-3H3/p+1. The molecule has 0 atom stereocenters. The maximum absolute atomic E-state index is 12.3. The van der Waals surface area contributed by atoms with Gasteiger partial charge in [-0.2, -0.15) is 0 Å². The van der Waals surface area contributed by atoms with Crippen LogP contribution in [0, 0.1) is 0 Å². The molecule has 0 spiro atoms. The van der Waals surface area contributed by atoms with E-state index in [1.54, 1.807) is 12.1 Å². The Kier molecular flexibility index (Phi) is 5.33. The van der Waals surface area contributed by atoms with Crippen LogP contribution in [0.15, 0.2) is 21.1 Å². The van der Waals surface area contributed by atoms with Crippen molar-refractivity contribution in [2.75, 3.05) is 21.2 Å². The number of hydrogen-bond donors (Lipinski definition) is 1. The van der Waals surface area contributed by atoms with Gasteiger partial charge in [-0.15, -0.1) is 0 Å². The molecule has 0 unspecified atom stereocenters. The molecule has 0 fully saturated rings. The molecule has 6 nitrogen and oxygen atoms in total. The van der Waals surface area contributed by atoms with Crippen LogP contribution in [0.2, 0.25) is 0 Å². The minimum atomic E-state index is -0.629. The van der Waals surface area contributed by atoms with Crippen LogP contribution in [0.1, 0.15) is 10.4 Å². The van der Waals surface area contributed by atoms with E-state index in [1.165, 1.54) is 21.2 Å². The fourth-order valence-corrected chi connectivity index (χ4v) is 2.58. The van der Waals surface area contributed by atoms with Gasteiger partial charge >= 0.3 is 6.09 Å². The van der Waals surface area contributed by atoms with E-state index in [2.05, 4.69) is 42.3 Å². The van der Waals surface area contributed by atoms with E-state index >= 15 is 0 Å². The van der Waals surface area contributed by atoms with Gasteiger partial charge in [-0.3, -0.25) is 4.79 Å². The van der Waals surface area contributed by atoms with Crippen molar-refractivity contribution in [2.24, 2.45) is 0 Å². The zero-order chi connectivity index (χ0) is 14.7. The van der Waals surface area contributed by atoms with Gasteiger partial charge in [-0.1, -0.05) is 15.9 Å². The van der Waals surface area contributed by atoms with Gasteiger partial charge in [0.05, 0.1) is 11.6 Å². The molecule has 0 bridgehead atoms. The summed E-state index contributed by atoms with van der Waals surface area (Å²) < 4.78 is 6.00. The van der Waals surface area contributed by atoms with Crippen LogP contribution in [0.5, 0.6) is 0 Å². The van der Waals surface area contributed by atoms with Crippen molar-refractivity contribution in [2.45, 2.75) is 0 Å². The third kappa shape index (κ3) is 3.46. The summed E-state index contributed by atoms with van der Waals surface area (Å²) in [5.74, 6) is -0.361. The number of amides is 2. The molecule has 0 radical (unpaired) electrons. The molecule has 0 saturated carbocycles. The van der Waals surface area contributed by atoms with E-state index in [4.69, 9.17) is 0 Å². The van der Waals surface area contributed by atoms with Gasteiger partial charge in [-0.05, 0) is 28.1 Å². The minimum Gasteiger partial charge on any atom is -0.452 e. The zero-order valence-electron chi connectivity index (χ0n) is 10.7. The Morgan fingerprint density at radius 3 is 2.32 bits per heavy atom. The first-order valence-electron chi connectivity index (χ1n) is 5.20. The van der Waals surface area contributed by atoms with Crippen LogP contribution in [-0.2, 0) is 4.74 Å². The Hall–Kier alpha value is -1.12. The van der Waals surface area contributed by atoms with Crippen molar-refractivity contribution >= 4 is 49.5 Å². The number of carbonyl (C=O) groups excluding carboxylic acids is 2. The van der Waals surface area contributed by atoms with Crippen molar-refractivity contribution < 1.29 is 20.1 Å². The number of nitrogens with zero attached hydrogens (tertiary/aromatic N) is 2. The van der Waals surface area contributed by atoms with Crippen molar-refractivity contribution in [3.8, 4) is 0 Å². The summed E-state index contributed by atoms with van der Waals surface area (Å²) in [6.45, 7) is 0. The van der Waals surface area contributed by atoms with Crippen LogP contribution in [0.4, 0.5) is 10.5 Å². The number of quaternary nitrogens is 1. The van der Waals surface area contributed by atoms with Crippen LogP contribution in [0.25, 0.3) is 0 Å². The van der Waals surface area contributed by atoms with Gasteiger partial charge < -0.3 is 10.5 Å². The van der Waals surface area contributed by atoms with Gasteiger partial charge in [0.15, 0.2) is 5.69 Å². The second kappa shape index (κ2) is 6.36. The summed E-state index contributed by atoms with van der Waals surface area (Å²) in [6, 6.07) is 3.44. The summed E-state index contributed by atoms with van der Waals surface area (Å²) in [5.41, 5.74) is 4.78. The lowest BCUT2D eigenvalue weighted by Crippen LogP contribution is -2.48. The van der Waals surface area contributed by atoms with Crippen molar-refractivity contribution in [1.82, 2.24) is 10.0 Å². The number of hydrogen-bond acceptors (Lipinski definition) is 3. The topological polar surface area (TPSA) is 77.5 Å². The molecule has 0 saturated heterocycles. The van der Waals surface area contributed by atoms with E-state index in [-0.39, 0.29) is 5.91 Å². The fourth-order valence-electron chi connectivity index (χ4n) is 1.36. The Morgan fingerprint density at radius 2 is 1.79 bits per heavy atom. The average molecular weight is 396 g/mol. The summed E-state index contributed by atoms with van der Waals surface area (Å²) in [4.78, 5) is 23.7. The molecule has 104 valence electrons. The van der Waals surface area contributed by atoms with Crippen LogP contribution in [-0.4, -0.2) is 43.2 Å². The number of benzene rings is 1. The Bertz CT molecular complexity index is 522. The summed E-state index contributed by atoms with van der Waals surface area (Å²) in [6.07, 6.45) is -0.629. The highest BCUT2D eigenvalue weighted by atomic mass is 79.9. The second-order valence-corrected chi connectivity index (χ2v) is 5.51. The summed E-state index contributed by atoms with van der Waals surface area (Å²) in [5, 5.41) is 2.24. The van der Waals surface area contributed by atoms with E-state index in [0.717, 1.165) is 14.5 Å². The Labute approximate surface area is 127 Å². The predicted molar refractivity (Wildman–Crippen MR) is 76.7 cm³/mol. The average Bonchev–Trinajstić information content (AvgIpc) is 2.39. The molecule has 0 aromatic heterocycles. The van der Waals surface area contributed by atoms with E-state index in [9.17, 15) is 9.59 Å². The fraction of sp³-hybridized carbons (Fsp3) is 0.273. The molecule has 1 rings (SSSR count). The molecular formula is C11H14Br2N3O3+. The first-order chi connectivity index (χ1) is 8.79. The van der Waals surface area contributed by atoms with E-state index in [1.807, 2.05) is 0 Å². The SMILES string of the molecule is COC(=O)N(C)N(C)C(=O)c1cc(Br)cc(Br)c1[NH3+]. The van der Waals surface area contributed by atoms with Crippen LogP contribution < -0.4 is 5.73 Å². The first-order valence-corrected chi connectivity index (χ1v) is 6.78. The summed E-state index contributed by atoms with van der Waals surface area (Å²) in [7, 11) is 4.17. The second-order valence-electron chi connectivity index (χ2n) is 3.74. The minimum absolute atomic E-state index is 0.361. The highest BCUT2D eigenvalue weighted by molar-refractivity contribution is 9.11. The zero-order valence-corrected chi connectivity index (χ0v) is 13.9. The Balaban J connectivity index is 3.10. The van der Waals surface area contributed by atoms with Gasteiger partial charge in [0.1, 0.15) is 5.56 Å². The lowest BCUT2D eigenvalue weighted by molar-refractivity contribution is -0.256. The van der Waals surface area contributed by atoms with Gasteiger partial charge in [0.25, 0.3) is 5.91 Å². The lowest BCUT2D eigenvalue weighted by Gasteiger charge is -2.26. The molecule has 1 aromatic rings. The molecule has 3 N–H and O–H groups in total. The van der Waals surface area contributed by atoms with Gasteiger partial charge in [0.2, 0.25) is 0 Å². The third-order valence-electron chi connectivity index (χ3n) is 2.57. The molecule has 1 aromatic carbocycles. The molecule has 8 heteroatoms. The lowest BCUT2D eigenvalue weighted by atomic mass is 10.1. The molecule has 19 heavy (non-hydrogen) atoms. The van der Waals surface area contributed by atoms with Crippen molar-refractivity contribution in [3.05, 3.63) is 26.6 Å². The molecule has 0 aliphatic rings. The molecule has 0 aliphatic heterocycles. The number of halogens is 2. The predicted octanol–water partition coefficient (Wildman–Crippen LogP) is 1.77. The number of hydrazine groups is 1. The third-order valence-corrected chi connectivity index (χ3v) is 3.74. The highest BCUT2D eigenvalue weighted by Gasteiger charge is 2.24. The molecule has 0 heterocycles. The molecule has 0 aliphatic carbocycles.